The number of halogens is 1. The van der Waals surface area contributed by atoms with E-state index in [4.69, 9.17) is 4.74 Å². The molecule has 1 unspecified atom stereocenters. The Morgan fingerprint density at radius 1 is 1.25 bits per heavy atom. The Morgan fingerprint density at radius 2 is 2.05 bits per heavy atom. The van der Waals surface area contributed by atoms with Crippen LogP contribution in [0.4, 0.5) is 0 Å². The summed E-state index contributed by atoms with van der Waals surface area (Å²) in [4.78, 5) is 1.33. The first kappa shape index (κ1) is 15.5. The molecule has 2 nitrogen and oxygen atoms in total. The van der Waals surface area contributed by atoms with Crippen molar-refractivity contribution in [2.75, 3.05) is 0 Å². The Kier molecular flexibility index (Phi) is 5.64. The van der Waals surface area contributed by atoms with Crippen LogP contribution in [0.15, 0.2) is 40.2 Å². The molecule has 1 atom stereocenters. The third-order valence-electron chi connectivity index (χ3n) is 2.93. The lowest BCUT2D eigenvalue weighted by Gasteiger charge is -2.16. The monoisotopic (exact) mass is 353 g/mol. The maximum atomic E-state index is 5.74. The number of hydrogen-bond acceptors (Lipinski definition) is 3. The van der Waals surface area contributed by atoms with Gasteiger partial charge in [0.05, 0.1) is 6.10 Å². The number of thiophene rings is 1. The zero-order valence-electron chi connectivity index (χ0n) is 12.0. The van der Waals surface area contributed by atoms with Gasteiger partial charge in [-0.25, -0.2) is 0 Å². The molecule has 1 aromatic carbocycles. The van der Waals surface area contributed by atoms with Gasteiger partial charge in [-0.2, -0.15) is 0 Å². The normalized spacial score (nSPS) is 12.7. The highest BCUT2D eigenvalue weighted by Crippen LogP contribution is 2.22. The highest BCUT2D eigenvalue weighted by atomic mass is 79.9. The number of nitrogens with one attached hydrogen (secondary N) is 1. The average molecular weight is 354 g/mol. The van der Waals surface area contributed by atoms with Crippen LogP contribution in [0.1, 0.15) is 37.3 Å². The minimum atomic E-state index is 0.206. The highest BCUT2D eigenvalue weighted by Gasteiger charge is 2.07. The van der Waals surface area contributed by atoms with Crippen LogP contribution in [0.3, 0.4) is 0 Å². The van der Waals surface area contributed by atoms with E-state index in [0.717, 1.165) is 16.8 Å². The quantitative estimate of drug-likeness (QED) is 0.775. The van der Waals surface area contributed by atoms with Crippen molar-refractivity contribution in [2.24, 2.45) is 0 Å². The third-order valence-corrected chi connectivity index (χ3v) is 4.63. The maximum absolute atomic E-state index is 5.74. The molecular weight excluding hydrogens is 334 g/mol. The summed E-state index contributed by atoms with van der Waals surface area (Å²) in [6.45, 7) is 7.15. The molecule has 0 bridgehead atoms. The lowest BCUT2D eigenvalue weighted by molar-refractivity contribution is 0.242. The van der Waals surface area contributed by atoms with Crippen molar-refractivity contribution in [2.45, 2.75) is 39.5 Å². The second kappa shape index (κ2) is 7.25. The Hall–Kier alpha value is -0.840. The lowest BCUT2D eigenvalue weighted by atomic mass is 10.1. The number of benzene rings is 1. The van der Waals surface area contributed by atoms with Crippen LogP contribution in [0.2, 0.25) is 0 Å². The third kappa shape index (κ3) is 4.62. The molecule has 0 radical (unpaired) electrons. The van der Waals surface area contributed by atoms with E-state index < -0.39 is 0 Å². The molecule has 20 heavy (non-hydrogen) atoms. The van der Waals surface area contributed by atoms with Gasteiger partial charge in [-0.1, -0.05) is 12.1 Å². The minimum Gasteiger partial charge on any atom is -0.491 e. The molecule has 0 saturated heterocycles. The van der Waals surface area contributed by atoms with E-state index in [0.29, 0.717) is 6.04 Å². The van der Waals surface area contributed by atoms with Crippen molar-refractivity contribution >= 4 is 27.3 Å². The summed E-state index contributed by atoms with van der Waals surface area (Å²) >= 11 is 5.25. The van der Waals surface area contributed by atoms with Crippen LogP contribution in [0, 0.1) is 0 Å². The van der Waals surface area contributed by atoms with Crippen molar-refractivity contribution < 1.29 is 4.74 Å². The molecule has 1 aromatic heterocycles. The van der Waals surface area contributed by atoms with E-state index in [1.54, 1.807) is 11.3 Å². The van der Waals surface area contributed by atoms with E-state index >= 15 is 0 Å². The molecule has 1 heterocycles. The van der Waals surface area contributed by atoms with Gasteiger partial charge in [-0.3, -0.25) is 0 Å². The van der Waals surface area contributed by atoms with Crippen LogP contribution < -0.4 is 10.1 Å². The van der Waals surface area contributed by atoms with E-state index in [2.05, 4.69) is 51.7 Å². The van der Waals surface area contributed by atoms with Crippen molar-refractivity contribution in [3.05, 3.63) is 50.6 Å². The second-order valence-electron chi connectivity index (χ2n) is 5.07. The summed E-state index contributed by atoms with van der Waals surface area (Å²) in [5.74, 6) is 0.935. The van der Waals surface area contributed by atoms with Crippen molar-refractivity contribution in [1.29, 1.82) is 0 Å². The highest BCUT2D eigenvalue weighted by molar-refractivity contribution is 9.10. The summed E-state index contributed by atoms with van der Waals surface area (Å²) in [6, 6.07) is 10.8. The number of ether oxygens (including phenoxy) is 1. The summed E-state index contributed by atoms with van der Waals surface area (Å²) < 4.78 is 6.89. The molecule has 0 aliphatic carbocycles. The molecule has 0 aliphatic heterocycles. The van der Waals surface area contributed by atoms with E-state index in [1.165, 1.54) is 10.4 Å². The van der Waals surface area contributed by atoms with Gasteiger partial charge in [0, 0.05) is 27.3 Å². The van der Waals surface area contributed by atoms with Gasteiger partial charge in [0.2, 0.25) is 0 Å². The molecule has 2 rings (SSSR count). The van der Waals surface area contributed by atoms with Gasteiger partial charge in [0.1, 0.15) is 5.75 Å². The average Bonchev–Trinajstić information content (AvgIpc) is 2.81. The molecule has 0 aliphatic rings. The minimum absolute atomic E-state index is 0.206. The molecule has 4 heteroatoms. The first-order valence-electron chi connectivity index (χ1n) is 6.77. The van der Waals surface area contributed by atoms with Crippen molar-refractivity contribution in [3.63, 3.8) is 0 Å². The fourth-order valence-corrected chi connectivity index (χ4v) is 3.35. The SMILES string of the molecule is CC(C)Oc1cccc(C(C)NCc2cc(Br)cs2)c1. The van der Waals surface area contributed by atoms with Crippen LogP contribution >= 0.6 is 27.3 Å². The molecule has 1 N–H and O–H groups in total. The summed E-state index contributed by atoms with van der Waals surface area (Å²) in [5, 5.41) is 5.65. The Labute approximate surface area is 133 Å². The van der Waals surface area contributed by atoms with Crippen LogP contribution in [0.5, 0.6) is 5.75 Å². The smallest absolute Gasteiger partial charge is 0.120 e. The molecule has 0 amide bonds. The molecule has 0 fully saturated rings. The summed E-state index contributed by atoms with van der Waals surface area (Å²) in [5.41, 5.74) is 1.25. The molecule has 2 aromatic rings. The molecule has 0 spiro atoms. The van der Waals surface area contributed by atoms with Gasteiger partial charge in [-0.15, -0.1) is 11.3 Å². The predicted octanol–water partition coefficient (Wildman–Crippen LogP) is 5.15. The molecule has 108 valence electrons. The van der Waals surface area contributed by atoms with Gasteiger partial charge < -0.3 is 10.1 Å². The fraction of sp³-hybridized carbons (Fsp3) is 0.375. The van der Waals surface area contributed by atoms with Crippen LogP contribution in [-0.2, 0) is 6.54 Å². The lowest BCUT2D eigenvalue weighted by Crippen LogP contribution is -2.17. The largest absolute Gasteiger partial charge is 0.491 e. The predicted molar refractivity (Wildman–Crippen MR) is 89.5 cm³/mol. The zero-order valence-corrected chi connectivity index (χ0v) is 14.4. The standard InChI is InChI=1S/C16H20BrNOS/c1-11(2)19-15-6-4-5-13(7-15)12(3)18-9-16-8-14(17)10-20-16/h4-8,10-12,18H,9H2,1-3H3. The van der Waals surface area contributed by atoms with E-state index in [-0.39, 0.29) is 6.10 Å². The summed E-state index contributed by atoms with van der Waals surface area (Å²) in [7, 11) is 0. The second-order valence-corrected chi connectivity index (χ2v) is 6.98. The molecule has 0 saturated carbocycles. The first-order chi connectivity index (χ1) is 9.54. The first-order valence-corrected chi connectivity index (χ1v) is 8.45. The fourth-order valence-electron chi connectivity index (χ4n) is 1.95. The number of hydrogen-bond donors (Lipinski definition) is 1. The van der Waals surface area contributed by atoms with Crippen LogP contribution in [-0.4, -0.2) is 6.10 Å². The molecular formula is C16H20BrNOS. The Morgan fingerprint density at radius 3 is 2.70 bits per heavy atom. The van der Waals surface area contributed by atoms with Crippen molar-refractivity contribution in [1.82, 2.24) is 5.32 Å². The topological polar surface area (TPSA) is 21.3 Å². The van der Waals surface area contributed by atoms with Crippen LogP contribution in [0.25, 0.3) is 0 Å². The Balaban J connectivity index is 1.96. The van der Waals surface area contributed by atoms with E-state index in [1.807, 2.05) is 26.0 Å². The Bertz CT molecular complexity index is 553. The van der Waals surface area contributed by atoms with Gasteiger partial charge in [-0.05, 0) is 60.5 Å². The van der Waals surface area contributed by atoms with Gasteiger partial charge >= 0.3 is 0 Å². The van der Waals surface area contributed by atoms with E-state index in [9.17, 15) is 0 Å². The maximum Gasteiger partial charge on any atom is 0.120 e. The van der Waals surface area contributed by atoms with Gasteiger partial charge in [0.25, 0.3) is 0 Å². The number of rotatable bonds is 6. The van der Waals surface area contributed by atoms with Gasteiger partial charge in [0.15, 0.2) is 0 Å². The zero-order chi connectivity index (χ0) is 14.5. The summed E-state index contributed by atoms with van der Waals surface area (Å²) in [6.07, 6.45) is 0.206. The van der Waals surface area contributed by atoms with Crippen molar-refractivity contribution in [3.8, 4) is 5.75 Å².